The highest BCUT2D eigenvalue weighted by atomic mass is 32.1. The van der Waals surface area contributed by atoms with Crippen LogP contribution in [0.1, 0.15) is 0 Å². The van der Waals surface area contributed by atoms with Crippen molar-refractivity contribution in [2.45, 2.75) is 0 Å². The Labute approximate surface area is 400 Å². The summed E-state index contributed by atoms with van der Waals surface area (Å²) in [6.07, 6.45) is 0. The second-order valence-electron chi connectivity index (χ2n) is 18.6. The second kappa shape index (κ2) is 13.7. The summed E-state index contributed by atoms with van der Waals surface area (Å²) in [5.41, 5.74) is 15.8. The van der Waals surface area contributed by atoms with Gasteiger partial charge in [-0.05, 0) is 180 Å². The first kappa shape index (κ1) is 37.0. The third-order valence-corrected chi connectivity index (χ3v) is 17.5. The fourth-order valence-electron chi connectivity index (χ4n) is 12.3. The minimum absolute atomic E-state index is 1.25. The zero-order chi connectivity index (χ0) is 44.2. The number of hydrogen-bond donors (Lipinski definition) is 0. The van der Waals surface area contributed by atoms with E-state index in [-0.39, 0.29) is 0 Å². The molecule has 0 atom stereocenters. The van der Waals surface area contributed by atoms with E-state index in [0.29, 0.717) is 0 Å². The van der Waals surface area contributed by atoms with E-state index in [1.165, 1.54) is 162 Å². The smallest absolute Gasteiger partial charge is 0.0362 e. The summed E-state index contributed by atoms with van der Waals surface area (Å²) in [5.74, 6) is 0. The second-order valence-corrected chi connectivity index (χ2v) is 20.7. The first-order valence-corrected chi connectivity index (χ1v) is 25.1. The molecule has 14 aromatic rings. The van der Waals surface area contributed by atoms with Crippen molar-refractivity contribution in [3.05, 3.63) is 218 Å². The van der Waals surface area contributed by atoms with Crippen LogP contribution in [0, 0.1) is 0 Å². The molecule has 2 heteroatoms. The van der Waals surface area contributed by atoms with Gasteiger partial charge in [0.2, 0.25) is 0 Å². The third kappa shape index (κ3) is 4.98. The zero-order valence-corrected chi connectivity index (χ0v) is 38.2. The SMILES string of the molecule is c1ccc(-c2ccc(-c3c4c(cc5c3ccc3c6cc7c(c(-c8ccc(-c9ccccc9)s8)c6ccc53)-c3cc5ccccc5c5cccc-7c35)-c3cc5ccccc5c5cccc-4c35)s2)cc1. The molecule has 0 spiro atoms. The lowest BCUT2D eigenvalue weighted by atomic mass is 9.86. The Morgan fingerprint density at radius 1 is 0.206 bits per heavy atom. The number of hydrogen-bond acceptors (Lipinski definition) is 2. The Morgan fingerprint density at radius 2 is 0.632 bits per heavy atom. The van der Waals surface area contributed by atoms with Gasteiger partial charge >= 0.3 is 0 Å². The first-order chi connectivity index (χ1) is 33.7. The maximum absolute atomic E-state index is 2.54. The summed E-state index contributed by atoms with van der Waals surface area (Å²) in [6.45, 7) is 0. The van der Waals surface area contributed by atoms with Crippen LogP contribution in [0.2, 0.25) is 0 Å². The zero-order valence-electron chi connectivity index (χ0n) is 36.6. The molecule has 0 aliphatic heterocycles. The van der Waals surface area contributed by atoms with Crippen molar-refractivity contribution in [2.24, 2.45) is 0 Å². The van der Waals surface area contributed by atoms with E-state index in [1.807, 2.05) is 22.7 Å². The Balaban J connectivity index is 1.02. The van der Waals surface area contributed by atoms with Gasteiger partial charge in [-0.25, -0.2) is 0 Å². The van der Waals surface area contributed by atoms with Gasteiger partial charge in [0, 0.05) is 30.6 Å². The summed E-state index contributed by atoms with van der Waals surface area (Å²) in [6, 6.07) is 82.6. The molecule has 0 radical (unpaired) electrons. The van der Waals surface area contributed by atoms with E-state index in [2.05, 4.69) is 218 Å². The molecule has 0 bridgehead atoms. The van der Waals surface area contributed by atoms with Gasteiger partial charge in [-0.1, -0.05) is 170 Å². The Hall–Kier alpha value is -8.14. The summed E-state index contributed by atoms with van der Waals surface area (Å²) >= 11 is 3.81. The van der Waals surface area contributed by atoms with Crippen molar-refractivity contribution in [3.63, 3.8) is 0 Å². The van der Waals surface area contributed by atoms with Crippen LogP contribution in [0.15, 0.2) is 218 Å². The van der Waals surface area contributed by atoms with Gasteiger partial charge in [0.25, 0.3) is 0 Å². The van der Waals surface area contributed by atoms with E-state index in [9.17, 15) is 0 Å². The molecule has 312 valence electrons. The molecular formula is C66H36S2. The highest BCUT2D eigenvalue weighted by molar-refractivity contribution is 7.19. The molecule has 0 N–H and O–H groups in total. The van der Waals surface area contributed by atoms with Crippen LogP contribution in [0.3, 0.4) is 0 Å². The van der Waals surface area contributed by atoms with Gasteiger partial charge < -0.3 is 0 Å². The fraction of sp³-hybridized carbons (Fsp3) is 0. The highest BCUT2D eigenvalue weighted by Crippen LogP contribution is 2.59. The van der Waals surface area contributed by atoms with Crippen molar-refractivity contribution in [2.75, 3.05) is 0 Å². The van der Waals surface area contributed by atoms with Crippen molar-refractivity contribution in [3.8, 4) is 86.3 Å². The molecular weight excluding hydrogens is 857 g/mol. The predicted octanol–water partition coefficient (Wildman–Crippen LogP) is 19.8. The van der Waals surface area contributed by atoms with E-state index < -0.39 is 0 Å². The van der Waals surface area contributed by atoms with Crippen LogP contribution in [0.4, 0.5) is 0 Å². The molecule has 0 nitrogen and oxygen atoms in total. The summed E-state index contributed by atoms with van der Waals surface area (Å²) in [4.78, 5) is 5.16. The van der Waals surface area contributed by atoms with Gasteiger partial charge in [0.1, 0.15) is 0 Å². The molecule has 0 fully saturated rings. The molecule has 68 heavy (non-hydrogen) atoms. The topological polar surface area (TPSA) is 0 Å². The lowest BCUT2D eigenvalue weighted by molar-refractivity contribution is 1.70. The molecule has 2 aliphatic rings. The molecule has 0 saturated carbocycles. The van der Waals surface area contributed by atoms with Gasteiger partial charge in [-0.3, -0.25) is 0 Å². The minimum Gasteiger partial charge on any atom is -0.135 e. The highest BCUT2D eigenvalue weighted by Gasteiger charge is 2.31. The van der Waals surface area contributed by atoms with E-state index in [4.69, 9.17) is 0 Å². The van der Waals surface area contributed by atoms with E-state index in [1.54, 1.807) is 0 Å². The first-order valence-electron chi connectivity index (χ1n) is 23.5. The molecule has 2 heterocycles. The van der Waals surface area contributed by atoms with Crippen LogP contribution in [-0.2, 0) is 0 Å². The largest absolute Gasteiger partial charge is 0.135 e. The Bertz CT molecular complexity index is 4530. The van der Waals surface area contributed by atoms with Crippen molar-refractivity contribution in [1.29, 1.82) is 0 Å². The van der Waals surface area contributed by atoms with E-state index in [0.717, 1.165) is 0 Å². The lowest BCUT2D eigenvalue weighted by Gasteiger charge is -2.18. The maximum Gasteiger partial charge on any atom is 0.0362 e. The summed E-state index contributed by atoms with van der Waals surface area (Å²) in [5, 5.41) is 18.3. The minimum atomic E-state index is 1.25. The lowest BCUT2D eigenvalue weighted by Crippen LogP contribution is -1.91. The standard InChI is InChI=1S/C66H36S2/c1-3-13-37(14-4-1)57-29-31-59(67-57)65-48-27-25-43-44(52(48)36-55-53-33-39-17-7-9-19-41(39)46-22-12-24-50(62(46)53)63(55)65)26-28-49-51(43)35-54-47-23-11-21-45-42-20-10-8-18-40(42)34-56(61(45)47)64(54)66(49)60-32-30-58(68-60)38-15-5-2-6-16-38/h1-36H. The quantitative estimate of drug-likeness (QED) is 0.154. The monoisotopic (exact) mass is 892 g/mol. The van der Waals surface area contributed by atoms with Crippen LogP contribution >= 0.6 is 22.7 Å². The fourth-order valence-corrected chi connectivity index (χ4v) is 14.4. The Morgan fingerprint density at radius 3 is 1.21 bits per heavy atom. The number of rotatable bonds is 4. The molecule has 2 aliphatic carbocycles. The molecule has 0 amide bonds. The van der Waals surface area contributed by atoms with Gasteiger partial charge in [0.15, 0.2) is 0 Å². The normalized spacial score (nSPS) is 12.4. The average molecular weight is 893 g/mol. The molecule has 0 unspecified atom stereocenters. The predicted molar refractivity (Wildman–Crippen MR) is 295 cm³/mol. The van der Waals surface area contributed by atoms with Crippen molar-refractivity contribution < 1.29 is 0 Å². The van der Waals surface area contributed by atoms with Crippen LogP contribution in [-0.4, -0.2) is 0 Å². The molecule has 16 rings (SSSR count). The number of thiophene rings is 2. The van der Waals surface area contributed by atoms with Crippen molar-refractivity contribution in [1.82, 2.24) is 0 Å². The molecule has 2 aromatic heterocycles. The number of fused-ring (bicyclic) bond motifs is 15. The summed E-state index contributed by atoms with van der Waals surface area (Å²) < 4.78 is 0. The van der Waals surface area contributed by atoms with Crippen LogP contribution < -0.4 is 0 Å². The third-order valence-electron chi connectivity index (χ3n) is 15.1. The van der Waals surface area contributed by atoms with Gasteiger partial charge in [0.05, 0.1) is 0 Å². The van der Waals surface area contributed by atoms with Crippen LogP contribution in [0.5, 0.6) is 0 Å². The van der Waals surface area contributed by atoms with E-state index >= 15 is 0 Å². The summed E-state index contributed by atoms with van der Waals surface area (Å²) in [7, 11) is 0. The average Bonchev–Trinajstić information content (AvgIpc) is 4.22. The van der Waals surface area contributed by atoms with Crippen LogP contribution in [0.25, 0.3) is 162 Å². The Kier molecular flexibility index (Phi) is 7.46. The maximum atomic E-state index is 2.54. The molecule has 0 saturated heterocycles. The number of benzene rings is 12. The van der Waals surface area contributed by atoms with Crippen molar-refractivity contribution >= 4 is 98.1 Å². The molecule has 12 aromatic carbocycles. The van der Waals surface area contributed by atoms with Gasteiger partial charge in [-0.15, -0.1) is 22.7 Å². The van der Waals surface area contributed by atoms with Gasteiger partial charge in [-0.2, -0.15) is 0 Å².